The molecule has 0 bridgehead atoms. The highest BCUT2D eigenvalue weighted by molar-refractivity contribution is 5.93. The lowest BCUT2D eigenvalue weighted by molar-refractivity contribution is -0.139. The highest BCUT2D eigenvalue weighted by atomic mass is 16.7. The zero-order valence-electron chi connectivity index (χ0n) is 17.5. The molecule has 0 radical (unpaired) electrons. The van der Waals surface area contributed by atoms with Crippen molar-refractivity contribution in [3.05, 3.63) is 35.5 Å². The Morgan fingerprint density at radius 1 is 1.11 bits per heavy atom. The molecule has 0 saturated carbocycles. The smallest absolute Gasteiger partial charge is 0.419 e. The lowest BCUT2D eigenvalue weighted by Crippen LogP contribution is -2.27. The summed E-state index contributed by atoms with van der Waals surface area (Å²) in [6, 6.07) is 8.00. The minimum Gasteiger partial charge on any atom is -0.443 e. The molecule has 1 aromatic heterocycles. The SMILES string of the molecule is CCOC(CCCc1c(C)n(C(=O)OC(C)(C)C)c2ccccc12)OCC. The summed E-state index contributed by atoms with van der Waals surface area (Å²) >= 11 is 0. The summed E-state index contributed by atoms with van der Waals surface area (Å²) in [5.74, 6) is 0. The van der Waals surface area contributed by atoms with E-state index in [1.54, 1.807) is 4.57 Å². The number of hydrogen-bond acceptors (Lipinski definition) is 4. The van der Waals surface area contributed by atoms with Crippen LogP contribution in [0.2, 0.25) is 0 Å². The molecule has 0 atom stereocenters. The van der Waals surface area contributed by atoms with Crippen molar-refractivity contribution in [2.75, 3.05) is 13.2 Å². The molecule has 2 aromatic rings. The van der Waals surface area contributed by atoms with Crippen LogP contribution in [0.3, 0.4) is 0 Å². The van der Waals surface area contributed by atoms with Crippen molar-refractivity contribution in [1.29, 1.82) is 0 Å². The minimum absolute atomic E-state index is 0.167. The maximum absolute atomic E-state index is 12.8. The number of rotatable bonds is 8. The van der Waals surface area contributed by atoms with E-state index >= 15 is 0 Å². The van der Waals surface area contributed by atoms with Crippen molar-refractivity contribution in [2.24, 2.45) is 0 Å². The van der Waals surface area contributed by atoms with Crippen LogP contribution in [0.1, 0.15) is 58.7 Å². The monoisotopic (exact) mass is 375 g/mol. The van der Waals surface area contributed by atoms with Crippen LogP contribution in [-0.2, 0) is 20.6 Å². The van der Waals surface area contributed by atoms with Crippen molar-refractivity contribution in [2.45, 2.75) is 72.7 Å². The first-order valence-electron chi connectivity index (χ1n) is 9.84. The maximum Gasteiger partial charge on any atom is 0.419 e. The summed E-state index contributed by atoms with van der Waals surface area (Å²) in [4.78, 5) is 12.8. The van der Waals surface area contributed by atoms with Gasteiger partial charge in [-0.3, -0.25) is 0 Å². The van der Waals surface area contributed by atoms with E-state index in [9.17, 15) is 4.79 Å². The zero-order chi connectivity index (χ0) is 20.0. The molecule has 0 fully saturated rings. The summed E-state index contributed by atoms with van der Waals surface area (Å²) in [6.07, 6.45) is 2.11. The van der Waals surface area contributed by atoms with Gasteiger partial charge in [0.25, 0.3) is 0 Å². The minimum atomic E-state index is -0.530. The van der Waals surface area contributed by atoms with Crippen LogP contribution in [0.25, 0.3) is 10.9 Å². The van der Waals surface area contributed by atoms with Gasteiger partial charge < -0.3 is 14.2 Å². The van der Waals surface area contributed by atoms with E-state index in [1.165, 1.54) is 5.56 Å². The molecule has 1 heterocycles. The Bertz CT molecular complexity index is 751. The first-order valence-corrected chi connectivity index (χ1v) is 9.84. The predicted octanol–water partition coefficient (Wildman–Crippen LogP) is 5.45. The van der Waals surface area contributed by atoms with Crippen LogP contribution in [0.5, 0.6) is 0 Å². The van der Waals surface area contributed by atoms with Crippen molar-refractivity contribution in [3.8, 4) is 0 Å². The lowest BCUT2D eigenvalue weighted by atomic mass is 10.0. The quantitative estimate of drug-likeness (QED) is 0.575. The number of carbonyl (C=O) groups is 1. The summed E-state index contributed by atoms with van der Waals surface area (Å²) in [5, 5.41) is 1.10. The van der Waals surface area contributed by atoms with Gasteiger partial charge >= 0.3 is 6.09 Å². The van der Waals surface area contributed by atoms with E-state index < -0.39 is 5.60 Å². The normalized spacial score (nSPS) is 12.1. The van der Waals surface area contributed by atoms with Gasteiger partial charge in [0.15, 0.2) is 6.29 Å². The van der Waals surface area contributed by atoms with Crippen LogP contribution in [0.15, 0.2) is 24.3 Å². The molecule has 0 saturated heterocycles. The zero-order valence-corrected chi connectivity index (χ0v) is 17.5. The molecule has 5 heteroatoms. The molecular weight excluding hydrogens is 342 g/mol. The van der Waals surface area contributed by atoms with E-state index in [2.05, 4.69) is 6.07 Å². The largest absolute Gasteiger partial charge is 0.443 e. The van der Waals surface area contributed by atoms with E-state index in [4.69, 9.17) is 14.2 Å². The van der Waals surface area contributed by atoms with Gasteiger partial charge in [0.05, 0.1) is 5.52 Å². The number of para-hydroxylation sites is 1. The third-order valence-electron chi connectivity index (χ3n) is 4.39. The Morgan fingerprint density at radius 2 is 1.74 bits per heavy atom. The third kappa shape index (κ3) is 5.56. The topological polar surface area (TPSA) is 49.7 Å². The van der Waals surface area contributed by atoms with Gasteiger partial charge in [-0.1, -0.05) is 18.2 Å². The van der Waals surface area contributed by atoms with Gasteiger partial charge in [0, 0.05) is 24.3 Å². The molecule has 2 rings (SSSR count). The number of carbonyl (C=O) groups excluding carboxylic acids is 1. The Balaban J connectivity index is 2.24. The number of benzene rings is 1. The molecule has 0 aliphatic heterocycles. The summed E-state index contributed by atoms with van der Waals surface area (Å²) in [5.41, 5.74) is 2.49. The molecule has 5 nitrogen and oxygen atoms in total. The van der Waals surface area contributed by atoms with Crippen molar-refractivity contribution < 1.29 is 19.0 Å². The molecule has 150 valence electrons. The van der Waals surface area contributed by atoms with Gasteiger partial charge in [0.1, 0.15) is 5.60 Å². The highest BCUT2D eigenvalue weighted by Gasteiger charge is 2.23. The van der Waals surface area contributed by atoms with Crippen molar-refractivity contribution in [3.63, 3.8) is 0 Å². The summed E-state index contributed by atoms with van der Waals surface area (Å²) < 4.78 is 18.6. The molecule has 0 unspecified atom stereocenters. The molecule has 0 N–H and O–H groups in total. The van der Waals surface area contributed by atoms with Gasteiger partial charge in [-0.2, -0.15) is 0 Å². The van der Waals surface area contributed by atoms with Crippen LogP contribution in [-0.4, -0.2) is 35.8 Å². The number of fused-ring (bicyclic) bond motifs is 1. The van der Waals surface area contributed by atoms with Gasteiger partial charge in [-0.15, -0.1) is 0 Å². The van der Waals surface area contributed by atoms with Gasteiger partial charge in [-0.25, -0.2) is 9.36 Å². The Labute approximate surface area is 162 Å². The van der Waals surface area contributed by atoms with E-state index in [0.717, 1.165) is 35.9 Å². The number of aromatic nitrogens is 1. The standard InChI is InChI=1S/C22H33NO4/c1-7-25-20(26-8-2)15-11-13-17-16(3)23(21(24)27-22(4,5)6)19-14-10-9-12-18(17)19/h9-10,12,14,20H,7-8,11,13,15H2,1-6H3. The average molecular weight is 376 g/mol. The van der Waals surface area contributed by atoms with Crippen molar-refractivity contribution >= 4 is 17.0 Å². The molecule has 0 aliphatic carbocycles. The molecule has 0 amide bonds. The first kappa shape index (κ1) is 21.5. The Morgan fingerprint density at radius 3 is 2.33 bits per heavy atom. The Kier molecular flexibility index (Phi) is 7.45. The fraction of sp³-hybridized carbons (Fsp3) is 0.591. The van der Waals surface area contributed by atoms with Crippen LogP contribution >= 0.6 is 0 Å². The second kappa shape index (κ2) is 9.38. The van der Waals surface area contributed by atoms with Gasteiger partial charge in [0.2, 0.25) is 0 Å². The van der Waals surface area contributed by atoms with Crippen LogP contribution < -0.4 is 0 Å². The number of ether oxygens (including phenoxy) is 3. The highest BCUT2D eigenvalue weighted by Crippen LogP contribution is 2.28. The average Bonchev–Trinajstić information content (AvgIpc) is 2.86. The fourth-order valence-electron chi connectivity index (χ4n) is 3.32. The predicted molar refractivity (Wildman–Crippen MR) is 108 cm³/mol. The molecular formula is C22H33NO4. The third-order valence-corrected chi connectivity index (χ3v) is 4.39. The molecule has 1 aromatic carbocycles. The summed E-state index contributed by atoms with van der Waals surface area (Å²) in [7, 11) is 0. The fourth-order valence-corrected chi connectivity index (χ4v) is 3.32. The van der Waals surface area contributed by atoms with E-state index in [0.29, 0.717) is 13.2 Å². The van der Waals surface area contributed by atoms with Gasteiger partial charge in [-0.05, 0) is 72.4 Å². The molecule has 0 aliphatic rings. The van der Waals surface area contributed by atoms with E-state index in [1.807, 2.05) is 59.7 Å². The molecule has 0 spiro atoms. The first-order chi connectivity index (χ1) is 12.8. The molecule has 27 heavy (non-hydrogen) atoms. The number of aryl methyl sites for hydroxylation is 1. The van der Waals surface area contributed by atoms with Crippen LogP contribution in [0.4, 0.5) is 4.79 Å². The summed E-state index contributed by atoms with van der Waals surface area (Å²) in [6.45, 7) is 12.9. The maximum atomic E-state index is 12.8. The Hall–Kier alpha value is -1.85. The van der Waals surface area contributed by atoms with Crippen LogP contribution in [0, 0.1) is 6.92 Å². The van der Waals surface area contributed by atoms with E-state index in [-0.39, 0.29) is 12.4 Å². The number of nitrogens with zero attached hydrogens (tertiary/aromatic N) is 1. The lowest BCUT2D eigenvalue weighted by Gasteiger charge is -2.20. The second-order valence-electron chi connectivity index (χ2n) is 7.63. The van der Waals surface area contributed by atoms with Crippen molar-refractivity contribution in [1.82, 2.24) is 4.57 Å². The number of hydrogen-bond donors (Lipinski definition) is 0. The second-order valence-corrected chi connectivity index (χ2v) is 7.63.